The largest absolute Gasteiger partial charge is 0.228 e. The van der Waals surface area contributed by atoms with Gasteiger partial charge in [-0.25, -0.2) is 9.97 Å². The number of fused-ring (bicyclic) bond motifs is 14. The Balaban J connectivity index is 1.01. The van der Waals surface area contributed by atoms with Crippen molar-refractivity contribution in [3.63, 3.8) is 0 Å². The van der Waals surface area contributed by atoms with Crippen molar-refractivity contribution in [2.75, 3.05) is 0 Å². The van der Waals surface area contributed by atoms with Crippen LogP contribution in [0.3, 0.4) is 0 Å². The second-order valence-electron chi connectivity index (χ2n) is 16.8. The maximum Gasteiger partial charge on any atom is 0.160 e. The van der Waals surface area contributed by atoms with Gasteiger partial charge >= 0.3 is 0 Å². The number of aromatic nitrogens is 2. The van der Waals surface area contributed by atoms with Crippen molar-refractivity contribution in [3.8, 4) is 78.4 Å². The van der Waals surface area contributed by atoms with Crippen molar-refractivity contribution >= 4 is 21.5 Å². The maximum absolute atomic E-state index is 5.21. The van der Waals surface area contributed by atoms with E-state index in [9.17, 15) is 0 Å². The molecule has 63 heavy (non-hydrogen) atoms. The summed E-state index contributed by atoms with van der Waals surface area (Å²) in [5, 5.41) is 5.08. The van der Waals surface area contributed by atoms with Crippen molar-refractivity contribution < 1.29 is 0 Å². The average Bonchev–Trinajstić information content (AvgIpc) is 3.84. The fourth-order valence-electron chi connectivity index (χ4n) is 10.8. The second-order valence-corrected chi connectivity index (χ2v) is 16.8. The molecule has 0 saturated heterocycles. The highest BCUT2D eigenvalue weighted by Gasteiger charge is 2.53. The number of hydrogen-bond acceptors (Lipinski definition) is 2. The lowest BCUT2D eigenvalue weighted by Gasteiger charge is -2.32. The summed E-state index contributed by atoms with van der Waals surface area (Å²) >= 11 is 0. The first-order valence-electron chi connectivity index (χ1n) is 21.7. The Bertz CT molecular complexity index is 3560. The Morgan fingerprint density at radius 2 is 0.841 bits per heavy atom. The third kappa shape index (κ3) is 5.32. The molecule has 0 radical (unpaired) electrons. The van der Waals surface area contributed by atoms with Crippen LogP contribution in [0, 0.1) is 0 Å². The summed E-state index contributed by atoms with van der Waals surface area (Å²) in [4.78, 5) is 10.4. The Kier molecular flexibility index (Phi) is 7.85. The number of hydrogen-bond donors (Lipinski definition) is 0. The topological polar surface area (TPSA) is 25.8 Å². The van der Waals surface area contributed by atoms with Gasteiger partial charge in [0.25, 0.3) is 0 Å². The summed E-state index contributed by atoms with van der Waals surface area (Å²) in [6.07, 6.45) is 0. The highest BCUT2D eigenvalue weighted by atomic mass is 14.9. The van der Waals surface area contributed by atoms with Crippen LogP contribution >= 0.6 is 0 Å². The lowest BCUT2D eigenvalue weighted by Crippen LogP contribution is -2.26. The Morgan fingerprint density at radius 3 is 1.57 bits per heavy atom. The van der Waals surface area contributed by atoms with Crippen LogP contribution in [-0.4, -0.2) is 9.97 Å². The van der Waals surface area contributed by atoms with Gasteiger partial charge in [-0.2, -0.15) is 0 Å². The van der Waals surface area contributed by atoms with Gasteiger partial charge in [0.15, 0.2) is 5.82 Å². The summed E-state index contributed by atoms with van der Waals surface area (Å²) < 4.78 is 0. The highest BCUT2D eigenvalue weighted by Crippen LogP contribution is 2.65. The molecule has 2 aliphatic rings. The van der Waals surface area contributed by atoms with E-state index in [-0.39, 0.29) is 0 Å². The molecule has 0 amide bonds. The molecule has 0 fully saturated rings. The molecule has 0 aliphatic heterocycles. The van der Waals surface area contributed by atoms with Crippen LogP contribution in [0.15, 0.2) is 231 Å². The van der Waals surface area contributed by atoms with Gasteiger partial charge < -0.3 is 0 Å². The van der Waals surface area contributed by atoms with Crippen LogP contribution in [-0.2, 0) is 5.41 Å². The molecule has 1 heterocycles. The van der Waals surface area contributed by atoms with Crippen molar-refractivity contribution in [3.05, 3.63) is 253 Å². The molecular weight excluding hydrogens is 761 g/mol. The van der Waals surface area contributed by atoms with Crippen LogP contribution in [0.25, 0.3) is 100.0 Å². The van der Waals surface area contributed by atoms with Crippen molar-refractivity contribution in [2.45, 2.75) is 5.41 Å². The van der Waals surface area contributed by atoms with Crippen LogP contribution in [0.2, 0.25) is 0 Å². The Hall–Kier alpha value is -8.20. The van der Waals surface area contributed by atoms with Crippen LogP contribution < -0.4 is 0 Å². The molecule has 292 valence electrons. The average molecular weight is 799 g/mol. The monoisotopic (exact) mass is 798 g/mol. The van der Waals surface area contributed by atoms with Gasteiger partial charge in [0.05, 0.1) is 16.8 Å². The van der Waals surface area contributed by atoms with Crippen molar-refractivity contribution in [2.24, 2.45) is 0 Å². The summed E-state index contributed by atoms with van der Waals surface area (Å²) in [5.41, 5.74) is 19.8. The van der Waals surface area contributed by atoms with Crippen LogP contribution in [0.4, 0.5) is 0 Å². The predicted molar refractivity (Wildman–Crippen MR) is 261 cm³/mol. The fraction of sp³-hybridized carbons (Fsp3) is 0.0164. The summed E-state index contributed by atoms with van der Waals surface area (Å²) in [5.74, 6) is 0.705. The molecule has 10 aromatic carbocycles. The first kappa shape index (κ1) is 35.5. The molecule has 0 unspecified atom stereocenters. The number of nitrogens with zero attached hydrogens (tertiary/aromatic N) is 2. The smallest absolute Gasteiger partial charge is 0.160 e. The van der Waals surface area contributed by atoms with E-state index in [1.165, 1.54) is 82.7 Å². The summed E-state index contributed by atoms with van der Waals surface area (Å²) in [6, 6.07) is 84.0. The maximum atomic E-state index is 5.21. The highest BCUT2D eigenvalue weighted by molar-refractivity contribution is 6.14. The van der Waals surface area contributed by atoms with E-state index in [1.807, 2.05) is 18.2 Å². The van der Waals surface area contributed by atoms with Gasteiger partial charge in [-0.05, 0) is 107 Å². The van der Waals surface area contributed by atoms with Crippen molar-refractivity contribution in [1.82, 2.24) is 9.97 Å². The lowest BCUT2D eigenvalue weighted by molar-refractivity contribution is 0.802. The van der Waals surface area contributed by atoms with Crippen LogP contribution in [0.1, 0.15) is 22.3 Å². The Morgan fingerprint density at radius 1 is 0.286 bits per heavy atom. The second kappa shape index (κ2) is 13.9. The molecule has 0 atom stereocenters. The van der Waals surface area contributed by atoms with Crippen molar-refractivity contribution in [1.29, 1.82) is 0 Å². The zero-order valence-electron chi connectivity index (χ0n) is 34.3. The third-order valence-corrected chi connectivity index (χ3v) is 13.5. The minimum Gasteiger partial charge on any atom is -0.228 e. The zero-order chi connectivity index (χ0) is 41.5. The van der Waals surface area contributed by atoms with E-state index in [0.29, 0.717) is 5.82 Å². The molecule has 2 aliphatic carbocycles. The van der Waals surface area contributed by atoms with E-state index in [1.54, 1.807) is 0 Å². The van der Waals surface area contributed by atoms with E-state index >= 15 is 0 Å². The molecule has 1 aromatic heterocycles. The minimum absolute atomic E-state index is 0.486. The Labute approximate surface area is 366 Å². The van der Waals surface area contributed by atoms with Gasteiger partial charge in [0.2, 0.25) is 0 Å². The third-order valence-electron chi connectivity index (χ3n) is 13.5. The van der Waals surface area contributed by atoms with E-state index in [0.717, 1.165) is 33.6 Å². The molecule has 0 bridgehead atoms. The zero-order valence-corrected chi connectivity index (χ0v) is 34.3. The van der Waals surface area contributed by atoms with E-state index < -0.39 is 5.41 Å². The normalized spacial score (nSPS) is 12.9. The minimum atomic E-state index is -0.486. The van der Waals surface area contributed by atoms with E-state index in [4.69, 9.17) is 9.97 Å². The molecule has 1 spiro atoms. The van der Waals surface area contributed by atoms with Gasteiger partial charge in [-0.3, -0.25) is 0 Å². The first-order chi connectivity index (χ1) is 31.2. The molecule has 0 N–H and O–H groups in total. The van der Waals surface area contributed by atoms with Crippen LogP contribution in [0.5, 0.6) is 0 Å². The summed E-state index contributed by atoms with van der Waals surface area (Å²) in [6.45, 7) is 0. The van der Waals surface area contributed by atoms with Gasteiger partial charge in [0.1, 0.15) is 0 Å². The molecule has 0 saturated carbocycles. The molecular formula is C61H38N2. The molecule has 2 nitrogen and oxygen atoms in total. The molecule has 2 heteroatoms. The quantitative estimate of drug-likeness (QED) is 0.173. The SMILES string of the molecule is c1ccc(-c2cccc(-c3cc(-c4ccc(-c5cc6c(c7ccccc57)-c5ccc7ccccc7c5C65c6ccccc6-c6ccccc65)cc4)nc(-c4ccccc4)n3)c2)cc1. The van der Waals surface area contributed by atoms with Gasteiger partial charge in [0, 0.05) is 16.7 Å². The fourth-order valence-corrected chi connectivity index (χ4v) is 10.8. The number of rotatable bonds is 5. The molecule has 13 rings (SSSR count). The standard InChI is InChI=1S/C61H38N2/c1-3-16-39(17-4-1)44-21-15-22-45(36-44)57-38-56(62-60(63-57)43-19-5-2-6-20-43)42-32-30-41(31-33-42)52-37-55-58(50-27-10-9-24-47(50)52)51-35-34-40-18-7-8-23-46(40)59(51)61(55)53-28-13-11-25-48(53)49-26-12-14-29-54(49)61/h1-38H. The summed E-state index contributed by atoms with van der Waals surface area (Å²) in [7, 11) is 0. The molecule has 11 aromatic rings. The van der Waals surface area contributed by atoms with Gasteiger partial charge in [-0.1, -0.05) is 212 Å². The predicted octanol–water partition coefficient (Wildman–Crippen LogP) is 15.5. The lowest BCUT2D eigenvalue weighted by atomic mass is 9.69. The first-order valence-corrected chi connectivity index (χ1v) is 21.7. The van der Waals surface area contributed by atoms with Gasteiger partial charge in [-0.15, -0.1) is 0 Å². The number of benzene rings is 10. The van der Waals surface area contributed by atoms with E-state index in [2.05, 4.69) is 212 Å².